The van der Waals surface area contributed by atoms with E-state index in [9.17, 15) is 31.5 Å². The Morgan fingerprint density at radius 3 is 2.47 bits per heavy atom. The van der Waals surface area contributed by atoms with Crippen molar-refractivity contribution in [3.05, 3.63) is 77.4 Å². The third-order valence-corrected chi connectivity index (χ3v) is 8.40. The summed E-state index contributed by atoms with van der Waals surface area (Å²) < 4.78 is 83.3. The molecule has 0 saturated carbocycles. The van der Waals surface area contributed by atoms with Crippen molar-refractivity contribution in [2.45, 2.75) is 23.0 Å². The number of carboxylic acid groups (broad SMARTS) is 1. The summed E-state index contributed by atoms with van der Waals surface area (Å²) in [6, 6.07) is 10.8. The lowest BCUT2D eigenvalue weighted by Gasteiger charge is -2.41. The number of alkyl halides is 3. The van der Waals surface area contributed by atoms with Gasteiger partial charge in [0.15, 0.2) is 6.04 Å². The van der Waals surface area contributed by atoms with E-state index < -0.39 is 45.4 Å². The summed E-state index contributed by atoms with van der Waals surface area (Å²) in [6.45, 7) is 0. The second-order valence-electron chi connectivity index (χ2n) is 7.97. The summed E-state index contributed by atoms with van der Waals surface area (Å²) in [5, 5.41) is 10.3. The Balaban J connectivity index is 1.86. The molecule has 5 rings (SSSR count). The number of anilines is 1. The summed E-state index contributed by atoms with van der Waals surface area (Å²) in [6.07, 6.45) is -4.93. The first-order valence-corrected chi connectivity index (χ1v) is 12.6. The van der Waals surface area contributed by atoms with Crippen LogP contribution in [-0.2, 0) is 21.0 Å². The van der Waals surface area contributed by atoms with Gasteiger partial charge in [0, 0.05) is 5.92 Å². The molecule has 1 aliphatic rings. The molecule has 0 spiro atoms. The zero-order chi connectivity index (χ0) is 25.8. The molecule has 2 atom stereocenters. The standard InChI is InChI=1S/C23H16F3N3O5S2/c1-34-17-11-12(10-15-20(17)28-35-27-15)19-13-6-2-5-9-18(13)36(32,33)29(21(19)22(30)31)16-8-4-3-7-14(16)23(24,25)26/h2-11,19,21H,1H3,(H,30,31). The topological polar surface area (TPSA) is 110 Å². The van der Waals surface area contributed by atoms with Crippen molar-refractivity contribution in [2.75, 3.05) is 11.4 Å². The van der Waals surface area contributed by atoms with Crippen LogP contribution in [-0.4, -0.2) is 41.4 Å². The summed E-state index contributed by atoms with van der Waals surface area (Å²) in [5.41, 5.74) is -0.803. The first kappa shape index (κ1) is 24.0. The highest BCUT2D eigenvalue weighted by Crippen LogP contribution is 2.48. The van der Waals surface area contributed by atoms with Gasteiger partial charge in [-0.15, -0.1) is 0 Å². The van der Waals surface area contributed by atoms with Crippen LogP contribution in [0.5, 0.6) is 5.75 Å². The number of carboxylic acids is 1. The van der Waals surface area contributed by atoms with Crippen molar-refractivity contribution < 1.29 is 36.2 Å². The van der Waals surface area contributed by atoms with Gasteiger partial charge < -0.3 is 9.84 Å². The minimum absolute atomic E-state index is 0.134. The molecule has 1 aliphatic heterocycles. The first-order valence-electron chi connectivity index (χ1n) is 10.4. The number of rotatable bonds is 4. The maximum atomic E-state index is 13.9. The number of halogens is 3. The number of para-hydroxylation sites is 1. The van der Waals surface area contributed by atoms with E-state index in [4.69, 9.17) is 4.74 Å². The number of hydrogen-bond acceptors (Lipinski definition) is 7. The van der Waals surface area contributed by atoms with Crippen LogP contribution in [0.2, 0.25) is 0 Å². The fourth-order valence-electron chi connectivity index (χ4n) is 4.54. The van der Waals surface area contributed by atoms with Gasteiger partial charge in [-0.05, 0) is 41.5 Å². The number of nitrogens with zero attached hydrogens (tertiary/aromatic N) is 3. The highest BCUT2D eigenvalue weighted by atomic mass is 32.2. The molecule has 13 heteroatoms. The Bertz CT molecular complexity index is 1600. The number of carbonyl (C=O) groups is 1. The lowest BCUT2D eigenvalue weighted by atomic mass is 9.84. The summed E-state index contributed by atoms with van der Waals surface area (Å²) in [4.78, 5) is 12.4. The lowest BCUT2D eigenvalue weighted by molar-refractivity contribution is -0.140. The molecule has 0 amide bonds. The van der Waals surface area contributed by atoms with Crippen LogP contribution >= 0.6 is 11.7 Å². The fraction of sp³-hybridized carbons (Fsp3) is 0.174. The fourth-order valence-corrected chi connectivity index (χ4v) is 6.96. The third-order valence-electron chi connectivity index (χ3n) is 5.99. The number of aliphatic carboxylic acids is 1. The molecule has 3 aromatic carbocycles. The molecule has 186 valence electrons. The average molecular weight is 536 g/mol. The van der Waals surface area contributed by atoms with Gasteiger partial charge in [0.2, 0.25) is 0 Å². The van der Waals surface area contributed by atoms with E-state index in [0.717, 1.165) is 29.9 Å². The zero-order valence-electron chi connectivity index (χ0n) is 18.3. The molecule has 0 radical (unpaired) electrons. The number of methoxy groups -OCH3 is 1. The van der Waals surface area contributed by atoms with Gasteiger partial charge in [-0.1, -0.05) is 30.3 Å². The molecular weight excluding hydrogens is 519 g/mol. The van der Waals surface area contributed by atoms with Gasteiger partial charge >= 0.3 is 12.1 Å². The molecule has 1 N–H and O–H groups in total. The maximum absolute atomic E-state index is 13.9. The Morgan fingerprint density at radius 2 is 1.78 bits per heavy atom. The second-order valence-corrected chi connectivity index (χ2v) is 10.3. The van der Waals surface area contributed by atoms with Crippen LogP contribution in [0.3, 0.4) is 0 Å². The number of fused-ring (bicyclic) bond motifs is 2. The van der Waals surface area contributed by atoms with Crippen molar-refractivity contribution in [2.24, 2.45) is 0 Å². The van der Waals surface area contributed by atoms with Crippen LogP contribution in [0.25, 0.3) is 11.0 Å². The SMILES string of the molecule is COc1cc(C2c3ccccc3S(=O)(=O)N(c3ccccc3C(F)(F)F)C2C(=O)O)cc2nsnc12. The molecule has 2 heterocycles. The Hall–Kier alpha value is -3.71. The molecule has 0 saturated heterocycles. The first-order chi connectivity index (χ1) is 17.1. The average Bonchev–Trinajstić information content (AvgIpc) is 3.31. The van der Waals surface area contributed by atoms with E-state index in [1.807, 2.05) is 0 Å². The molecule has 0 fully saturated rings. The molecule has 2 unspecified atom stereocenters. The smallest absolute Gasteiger partial charge is 0.418 e. The Morgan fingerprint density at radius 1 is 1.08 bits per heavy atom. The van der Waals surface area contributed by atoms with E-state index in [-0.39, 0.29) is 16.2 Å². The summed E-state index contributed by atoms with van der Waals surface area (Å²) >= 11 is 0.905. The quantitative estimate of drug-likeness (QED) is 0.409. The van der Waals surface area contributed by atoms with Crippen LogP contribution < -0.4 is 9.04 Å². The van der Waals surface area contributed by atoms with Gasteiger partial charge in [0.05, 0.1) is 35.0 Å². The summed E-state index contributed by atoms with van der Waals surface area (Å²) in [7, 11) is -3.32. The van der Waals surface area contributed by atoms with E-state index in [1.54, 1.807) is 12.1 Å². The number of aromatic nitrogens is 2. The van der Waals surface area contributed by atoms with Crippen molar-refractivity contribution in [1.82, 2.24) is 8.75 Å². The minimum Gasteiger partial charge on any atom is -0.494 e. The number of benzene rings is 3. The predicted molar refractivity (Wildman–Crippen MR) is 125 cm³/mol. The van der Waals surface area contributed by atoms with Gasteiger partial charge in [-0.3, -0.25) is 4.31 Å². The number of hydrogen-bond donors (Lipinski definition) is 1. The van der Waals surface area contributed by atoms with Crippen molar-refractivity contribution in [3.63, 3.8) is 0 Å². The van der Waals surface area contributed by atoms with Crippen LogP contribution in [0, 0.1) is 0 Å². The lowest BCUT2D eigenvalue weighted by Crippen LogP contribution is -2.53. The van der Waals surface area contributed by atoms with Gasteiger partial charge in [0.25, 0.3) is 10.0 Å². The van der Waals surface area contributed by atoms with Crippen LogP contribution in [0.15, 0.2) is 65.6 Å². The monoisotopic (exact) mass is 535 g/mol. The van der Waals surface area contributed by atoms with Gasteiger partial charge in [0.1, 0.15) is 16.8 Å². The van der Waals surface area contributed by atoms with E-state index >= 15 is 0 Å². The van der Waals surface area contributed by atoms with Crippen molar-refractivity contribution in [1.29, 1.82) is 0 Å². The largest absolute Gasteiger partial charge is 0.494 e. The van der Waals surface area contributed by atoms with E-state index in [2.05, 4.69) is 8.75 Å². The molecule has 8 nitrogen and oxygen atoms in total. The summed E-state index contributed by atoms with van der Waals surface area (Å²) in [5.74, 6) is -2.54. The van der Waals surface area contributed by atoms with Crippen LogP contribution in [0.1, 0.15) is 22.6 Å². The Kier molecular flexibility index (Phi) is 5.63. The number of sulfonamides is 1. The Labute approximate surface area is 206 Å². The van der Waals surface area contributed by atoms with Crippen LogP contribution in [0.4, 0.5) is 18.9 Å². The predicted octanol–water partition coefficient (Wildman–Crippen LogP) is 4.51. The third kappa shape index (κ3) is 3.66. The highest BCUT2D eigenvalue weighted by Gasteiger charge is 2.51. The van der Waals surface area contributed by atoms with Crippen molar-refractivity contribution in [3.8, 4) is 5.75 Å². The molecule has 0 bridgehead atoms. The maximum Gasteiger partial charge on any atom is 0.418 e. The molecule has 36 heavy (non-hydrogen) atoms. The van der Waals surface area contributed by atoms with Gasteiger partial charge in [-0.2, -0.15) is 21.9 Å². The van der Waals surface area contributed by atoms with E-state index in [0.29, 0.717) is 20.9 Å². The minimum atomic E-state index is -4.93. The van der Waals surface area contributed by atoms with E-state index in [1.165, 1.54) is 37.4 Å². The molecule has 1 aromatic heterocycles. The normalized spacial score (nSPS) is 19.2. The molecular formula is C23H16F3N3O5S2. The number of ether oxygens (including phenoxy) is 1. The van der Waals surface area contributed by atoms with Crippen molar-refractivity contribution >= 4 is 44.4 Å². The van der Waals surface area contributed by atoms with Gasteiger partial charge in [-0.25, -0.2) is 13.2 Å². The molecule has 0 aliphatic carbocycles. The highest BCUT2D eigenvalue weighted by molar-refractivity contribution is 7.93. The molecule has 4 aromatic rings. The second kappa shape index (κ2) is 8.45. The zero-order valence-corrected chi connectivity index (χ0v) is 19.9.